The number of hydrogen-bond acceptors (Lipinski definition) is 5. The second-order valence-corrected chi connectivity index (χ2v) is 6.81. The van der Waals surface area contributed by atoms with E-state index in [9.17, 15) is 4.79 Å². The molecule has 1 aliphatic rings. The van der Waals surface area contributed by atoms with E-state index < -0.39 is 0 Å². The number of benzene rings is 1. The van der Waals surface area contributed by atoms with Gasteiger partial charge < -0.3 is 10.5 Å². The highest BCUT2D eigenvalue weighted by atomic mass is 16.5. The van der Waals surface area contributed by atoms with E-state index in [-0.39, 0.29) is 17.5 Å². The monoisotopic (exact) mass is 350 g/mol. The van der Waals surface area contributed by atoms with Crippen LogP contribution in [0.25, 0.3) is 22.2 Å². The van der Waals surface area contributed by atoms with Crippen molar-refractivity contribution in [2.24, 2.45) is 0 Å². The van der Waals surface area contributed by atoms with Crippen molar-refractivity contribution >= 4 is 17.0 Å². The summed E-state index contributed by atoms with van der Waals surface area (Å²) in [6, 6.07) is 9.61. The molecule has 0 radical (unpaired) electrons. The number of hydrogen-bond donors (Lipinski definition) is 1. The van der Waals surface area contributed by atoms with Gasteiger partial charge >= 0.3 is 0 Å². The van der Waals surface area contributed by atoms with E-state index in [1.165, 1.54) is 0 Å². The molecule has 0 amide bonds. The van der Waals surface area contributed by atoms with E-state index in [0.717, 1.165) is 48.1 Å². The highest BCUT2D eigenvalue weighted by molar-refractivity contribution is 5.84. The van der Waals surface area contributed by atoms with Crippen LogP contribution >= 0.6 is 0 Å². The summed E-state index contributed by atoms with van der Waals surface area (Å²) in [7, 11) is 1.62. The number of nitrogens with zero attached hydrogens (tertiary/aromatic N) is 3. The lowest BCUT2D eigenvalue weighted by Gasteiger charge is -2.19. The number of aromatic nitrogens is 3. The molecule has 4 rings (SSSR count). The Balaban J connectivity index is 2.05. The Labute approximate surface area is 151 Å². The molecule has 134 valence electrons. The number of nitrogen functional groups attached to an aromatic ring is 1. The first-order valence-corrected chi connectivity index (χ1v) is 8.92. The molecule has 26 heavy (non-hydrogen) atoms. The van der Waals surface area contributed by atoms with Crippen LogP contribution in [0.3, 0.4) is 0 Å². The van der Waals surface area contributed by atoms with Crippen LogP contribution in [0.1, 0.15) is 37.4 Å². The number of methoxy groups -OCH3 is 1. The molecule has 0 unspecified atom stereocenters. The zero-order chi connectivity index (χ0) is 18.3. The number of ether oxygens (including phenoxy) is 1. The van der Waals surface area contributed by atoms with E-state index in [2.05, 4.69) is 9.97 Å². The van der Waals surface area contributed by atoms with Gasteiger partial charge in [0.05, 0.1) is 12.8 Å². The molecule has 6 heteroatoms. The minimum absolute atomic E-state index is 0.0323. The molecule has 2 heterocycles. The molecule has 1 fully saturated rings. The van der Waals surface area contributed by atoms with Crippen LogP contribution in [-0.4, -0.2) is 21.6 Å². The van der Waals surface area contributed by atoms with Crippen molar-refractivity contribution in [3.05, 3.63) is 46.4 Å². The van der Waals surface area contributed by atoms with E-state index >= 15 is 0 Å². The Hall–Kier alpha value is -2.89. The third-order valence-corrected chi connectivity index (χ3v) is 5.17. The molecule has 1 saturated carbocycles. The lowest BCUT2D eigenvalue weighted by Crippen LogP contribution is -2.26. The fourth-order valence-electron chi connectivity index (χ4n) is 3.87. The first kappa shape index (κ1) is 16.6. The van der Waals surface area contributed by atoms with Gasteiger partial charge in [-0.1, -0.05) is 25.0 Å². The third-order valence-electron chi connectivity index (χ3n) is 5.17. The van der Waals surface area contributed by atoms with Gasteiger partial charge in [-0.2, -0.15) is 4.98 Å². The van der Waals surface area contributed by atoms with Crippen molar-refractivity contribution in [2.45, 2.75) is 38.6 Å². The molecular formula is C20H22N4O2. The van der Waals surface area contributed by atoms with E-state index in [0.29, 0.717) is 11.2 Å². The molecular weight excluding hydrogens is 328 g/mol. The van der Waals surface area contributed by atoms with Gasteiger partial charge in [0, 0.05) is 17.0 Å². The molecule has 6 nitrogen and oxygen atoms in total. The van der Waals surface area contributed by atoms with Crippen molar-refractivity contribution in [1.82, 2.24) is 14.5 Å². The predicted octanol–water partition coefficient (Wildman–Crippen LogP) is 3.47. The van der Waals surface area contributed by atoms with Crippen molar-refractivity contribution in [1.29, 1.82) is 0 Å². The number of pyridine rings is 1. The maximum absolute atomic E-state index is 13.4. The van der Waals surface area contributed by atoms with Crippen LogP contribution in [0, 0.1) is 6.92 Å². The van der Waals surface area contributed by atoms with Crippen molar-refractivity contribution in [3.8, 4) is 16.9 Å². The normalized spacial score (nSPS) is 14.8. The standard InChI is InChI=1S/C20H22N4O2/c1-12-16-11-17(13-6-5-9-15(10-13)26-2)19(25)24(14-7-3-4-8-14)18(16)23-20(21)22-12/h5-6,9-11,14H,3-4,7-8H2,1-2H3,(H2,21,22,23). The zero-order valence-electron chi connectivity index (χ0n) is 15.0. The Bertz CT molecular complexity index is 1040. The van der Waals surface area contributed by atoms with Gasteiger partial charge in [-0.3, -0.25) is 9.36 Å². The van der Waals surface area contributed by atoms with Gasteiger partial charge in [-0.25, -0.2) is 4.98 Å². The third kappa shape index (κ3) is 2.71. The molecule has 0 aliphatic heterocycles. The Morgan fingerprint density at radius 1 is 1.19 bits per heavy atom. The average molecular weight is 350 g/mol. The second-order valence-electron chi connectivity index (χ2n) is 6.81. The summed E-state index contributed by atoms with van der Waals surface area (Å²) in [5.41, 5.74) is 8.73. The van der Waals surface area contributed by atoms with Crippen LogP contribution in [0.4, 0.5) is 5.95 Å². The van der Waals surface area contributed by atoms with Gasteiger partial charge in [-0.15, -0.1) is 0 Å². The van der Waals surface area contributed by atoms with Gasteiger partial charge in [0.15, 0.2) is 0 Å². The quantitative estimate of drug-likeness (QED) is 0.782. The van der Waals surface area contributed by atoms with E-state index in [4.69, 9.17) is 10.5 Å². The smallest absolute Gasteiger partial charge is 0.260 e. The maximum atomic E-state index is 13.4. The molecule has 0 spiro atoms. The minimum atomic E-state index is -0.0323. The number of rotatable bonds is 3. The molecule has 1 aromatic carbocycles. The summed E-state index contributed by atoms with van der Waals surface area (Å²) in [5, 5.41) is 0.864. The topological polar surface area (TPSA) is 83.0 Å². The average Bonchev–Trinajstić information content (AvgIpc) is 3.15. The first-order chi connectivity index (χ1) is 12.6. The van der Waals surface area contributed by atoms with Gasteiger partial charge in [0.25, 0.3) is 5.56 Å². The number of anilines is 1. The fraction of sp³-hybridized carbons (Fsp3) is 0.350. The highest BCUT2D eigenvalue weighted by Gasteiger charge is 2.23. The van der Waals surface area contributed by atoms with Crippen LogP contribution < -0.4 is 16.0 Å². The summed E-state index contributed by atoms with van der Waals surface area (Å²) in [4.78, 5) is 22.1. The SMILES string of the molecule is COc1cccc(-c2cc3c(C)nc(N)nc3n(C3CCCC3)c2=O)c1. The van der Waals surface area contributed by atoms with E-state index in [1.807, 2.05) is 41.8 Å². The number of nitrogens with two attached hydrogens (primary N) is 1. The van der Waals surface area contributed by atoms with Gasteiger partial charge in [0.2, 0.25) is 5.95 Å². The molecule has 3 aromatic rings. The molecule has 0 atom stereocenters. The Morgan fingerprint density at radius 3 is 2.69 bits per heavy atom. The van der Waals surface area contributed by atoms with Gasteiger partial charge in [-0.05, 0) is 43.5 Å². The maximum Gasteiger partial charge on any atom is 0.260 e. The van der Waals surface area contributed by atoms with Crippen molar-refractivity contribution in [2.75, 3.05) is 12.8 Å². The fourth-order valence-corrected chi connectivity index (χ4v) is 3.87. The van der Waals surface area contributed by atoms with Crippen LogP contribution in [-0.2, 0) is 0 Å². The summed E-state index contributed by atoms with van der Waals surface area (Å²) in [6.07, 6.45) is 4.22. The Morgan fingerprint density at radius 2 is 1.96 bits per heavy atom. The van der Waals surface area contributed by atoms with Crippen molar-refractivity contribution in [3.63, 3.8) is 0 Å². The summed E-state index contributed by atoms with van der Waals surface area (Å²) in [5.74, 6) is 0.926. The largest absolute Gasteiger partial charge is 0.497 e. The predicted molar refractivity (Wildman–Crippen MR) is 102 cm³/mol. The van der Waals surface area contributed by atoms with Crippen LogP contribution in [0.5, 0.6) is 5.75 Å². The summed E-state index contributed by atoms with van der Waals surface area (Å²) >= 11 is 0. The lowest BCUT2D eigenvalue weighted by atomic mass is 10.0. The van der Waals surface area contributed by atoms with Crippen LogP contribution in [0.2, 0.25) is 0 Å². The zero-order valence-corrected chi connectivity index (χ0v) is 15.0. The molecule has 2 aromatic heterocycles. The highest BCUT2D eigenvalue weighted by Crippen LogP contribution is 2.33. The lowest BCUT2D eigenvalue weighted by molar-refractivity contribution is 0.415. The van der Waals surface area contributed by atoms with E-state index in [1.54, 1.807) is 7.11 Å². The summed E-state index contributed by atoms with van der Waals surface area (Å²) < 4.78 is 7.16. The number of aryl methyl sites for hydroxylation is 1. The minimum Gasteiger partial charge on any atom is -0.497 e. The first-order valence-electron chi connectivity index (χ1n) is 8.92. The molecule has 0 bridgehead atoms. The van der Waals surface area contributed by atoms with Crippen LogP contribution in [0.15, 0.2) is 35.1 Å². The molecule has 2 N–H and O–H groups in total. The Kier molecular flexibility index (Phi) is 4.11. The molecule has 1 aliphatic carbocycles. The number of fused-ring (bicyclic) bond motifs is 1. The second kappa shape index (κ2) is 6.44. The molecule has 0 saturated heterocycles. The van der Waals surface area contributed by atoms with Gasteiger partial charge in [0.1, 0.15) is 11.4 Å². The summed E-state index contributed by atoms with van der Waals surface area (Å²) in [6.45, 7) is 1.90. The van der Waals surface area contributed by atoms with Crippen molar-refractivity contribution < 1.29 is 4.74 Å².